The van der Waals surface area contributed by atoms with E-state index in [1.807, 2.05) is 16.7 Å². The Kier molecular flexibility index (Phi) is 2.30. The molecule has 100 valence electrons. The summed E-state index contributed by atoms with van der Waals surface area (Å²) in [5.41, 5.74) is 8.35. The molecule has 0 amide bonds. The molecule has 1 saturated carbocycles. The second-order valence-corrected chi connectivity index (χ2v) is 5.12. The molecule has 1 aromatic carbocycles. The summed E-state index contributed by atoms with van der Waals surface area (Å²) in [7, 11) is 0. The van der Waals surface area contributed by atoms with Crippen molar-refractivity contribution in [3.05, 3.63) is 42.3 Å². The third kappa shape index (κ3) is 1.66. The molecule has 1 fully saturated rings. The van der Waals surface area contributed by atoms with E-state index in [1.54, 1.807) is 18.3 Å². The van der Waals surface area contributed by atoms with Crippen LogP contribution in [0.3, 0.4) is 0 Å². The molecule has 5 heteroatoms. The first-order valence-electron chi connectivity index (χ1n) is 6.62. The smallest absolute Gasteiger partial charge is 0.160 e. The van der Waals surface area contributed by atoms with Gasteiger partial charge in [0.15, 0.2) is 5.65 Å². The first-order chi connectivity index (χ1) is 9.74. The fraction of sp³-hybridized carbons (Fsp3) is 0.200. The molecule has 0 bridgehead atoms. The molecule has 4 nitrogen and oxygen atoms in total. The Morgan fingerprint density at radius 1 is 1.25 bits per heavy atom. The average Bonchev–Trinajstić information content (AvgIpc) is 3.21. The largest absolute Gasteiger partial charge is 0.399 e. The number of benzene rings is 1. The maximum Gasteiger partial charge on any atom is 0.160 e. The predicted molar refractivity (Wildman–Crippen MR) is 75.6 cm³/mol. The number of hydrogen-bond donors (Lipinski definition) is 1. The second kappa shape index (κ2) is 4.03. The second-order valence-electron chi connectivity index (χ2n) is 5.12. The van der Waals surface area contributed by atoms with E-state index in [9.17, 15) is 4.39 Å². The number of nitrogens with two attached hydrogens (primary N) is 1. The maximum absolute atomic E-state index is 14.1. The number of halogens is 1. The van der Waals surface area contributed by atoms with Crippen molar-refractivity contribution in [1.82, 2.24) is 14.5 Å². The number of anilines is 1. The van der Waals surface area contributed by atoms with Crippen LogP contribution in [0.15, 0.2) is 36.5 Å². The number of rotatable bonds is 2. The highest BCUT2D eigenvalue weighted by Crippen LogP contribution is 2.41. The van der Waals surface area contributed by atoms with Crippen molar-refractivity contribution in [3.8, 4) is 11.4 Å². The van der Waals surface area contributed by atoms with E-state index in [2.05, 4.69) is 9.97 Å². The van der Waals surface area contributed by atoms with Crippen LogP contribution < -0.4 is 5.73 Å². The van der Waals surface area contributed by atoms with Gasteiger partial charge in [0.2, 0.25) is 0 Å². The molecular formula is C15H13FN4. The zero-order valence-corrected chi connectivity index (χ0v) is 10.8. The molecule has 4 rings (SSSR count). The molecule has 0 atom stereocenters. The zero-order valence-electron chi connectivity index (χ0n) is 10.8. The van der Waals surface area contributed by atoms with E-state index in [0.717, 1.165) is 24.0 Å². The molecule has 2 aromatic heterocycles. The molecule has 0 spiro atoms. The van der Waals surface area contributed by atoms with Crippen molar-refractivity contribution in [2.24, 2.45) is 0 Å². The molecule has 1 aliphatic carbocycles. The monoisotopic (exact) mass is 268 g/mol. The SMILES string of the molecule is Nc1ccc(F)c(-c2nc3cccnc3n2C2CC2)c1. The topological polar surface area (TPSA) is 56.7 Å². The standard InChI is InChI=1S/C15H13FN4/c16-12-6-3-9(17)8-11(12)14-19-13-2-1-7-18-15(13)20(14)10-4-5-10/h1-3,6-8,10H,4-5,17H2. The summed E-state index contributed by atoms with van der Waals surface area (Å²) < 4.78 is 16.2. The molecule has 2 heterocycles. The van der Waals surface area contributed by atoms with Crippen LogP contribution in [0.4, 0.5) is 10.1 Å². The summed E-state index contributed by atoms with van der Waals surface area (Å²) in [6.45, 7) is 0. The van der Waals surface area contributed by atoms with Crippen LogP contribution in [-0.4, -0.2) is 14.5 Å². The molecule has 0 unspecified atom stereocenters. The Balaban J connectivity index is 2.03. The fourth-order valence-corrected chi connectivity index (χ4v) is 2.51. The fourth-order valence-electron chi connectivity index (χ4n) is 2.51. The molecule has 0 radical (unpaired) electrons. The minimum atomic E-state index is -0.309. The lowest BCUT2D eigenvalue weighted by molar-refractivity contribution is 0.627. The lowest BCUT2D eigenvalue weighted by Gasteiger charge is -2.08. The van der Waals surface area contributed by atoms with Crippen molar-refractivity contribution in [2.75, 3.05) is 5.73 Å². The molecule has 2 N–H and O–H groups in total. The minimum Gasteiger partial charge on any atom is -0.399 e. The summed E-state index contributed by atoms with van der Waals surface area (Å²) in [6.07, 6.45) is 3.90. The van der Waals surface area contributed by atoms with E-state index in [-0.39, 0.29) is 5.82 Å². The zero-order chi connectivity index (χ0) is 13.7. The van der Waals surface area contributed by atoms with Gasteiger partial charge in [-0.2, -0.15) is 0 Å². The van der Waals surface area contributed by atoms with Gasteiger partial charge in [0.05, 0.1) is 5.56 Å². The van der Waals surface area contributed by atoms with Crippen LogP contribution in [-0.2, 0) is 0 Å². The highest BCUT2D eigenvalue weighted by molar-refractivity contribution is 5.78. The van der Waals surface area contributed by atoms with Gasteiger partial charge >= 0.3 is 0 Å². The Hall–Kier alpha value is -2.43. The maximum atomic E-state index is 14.1. The van der Waals surface area contributed by atoms with Crippen molar-refractivity contribution >= 4 is 16.9 Å². The van der Waals surface area contributed by atoms with Crippen LogP contribution in [0.25, 0.3) is 22.6 Å². The number of fused-ring (bicyclic) bond motifs is 1. The first kappa shape index (κ1) is 11.4. The third-order valence-corrected chi connectivity index (χ3v) is 3.59. The highest BCUT2D eigenvalue weighted by Gasteiger charge is 2.30. The van der Waals surface area contributed by atoms with Gasteiger partial charge in [-0.25, -0.2) is 14.4 Å². The normalized spacial score (nSPS) is 14.8. The Morgan fingerprint density at radius 2 is 2.10 bits per heavy atom. The van der Waals surface area contributed by atoms with Gasteiger partial charge in [0.1, 0.15) is 17.2 Å². The first-order valence-corrected chi connectivity index (χ1v) is 6.62. The van der Waals surface area contributed by atoms with Crippen molar-refractivity contribution in [2.45, 2.75) is 18.9 Å². The predicted octanol–water partition coefficient (Wildman–Crippen LogP) is 3.15. The van der Waals surface area contributed by atoms with E-state index >= 15 is 0 Å². The summed E-state index contributed by atoms with van der Waals surface area (Å²) >= 11 is 0. The Bertz CT molecular complexity index is 805. The van der Waals surface area contributed by atoms with Gasteiger partial charge in [0.25, 0.3) is 0 Å². The number of aromatic nitrogens is 3. The molecule has 20 heavy (non-hydrogen) atoms. The van der Waals surface area contributed by atoms with Crippen LogP contribution in [0.2, 0.25) is 0 Å². The molecule has 1 aliphatic rings. The van der Waals surface area contributed by atoms with Crippen LogP contribution in [0.5, 0.6) is 0 Å². The van der Waals surface area contributed by atoms with Gasteiger partial charge in [0, 0.05) is 17.9 Å². The lowest BCUT2D eigenvalue weighted by Crippen LogP contribution is -2.00. The third-order valence-electron chi connectivity index (χ3n) is 3.59. The number of pyridine rings is 1. The summed E-state index contributed by atoms with van der Waals surface area (Å²) in [4.78, 5) is 8.94. The van der Waals surface area contributed by atoms with E-state index in [1.165, 1.54) is 6.07 Å². The Labute approximate surface area is 115 Å². The molecule has 3 aromatic rings. The molecular weight excluding hydrogens is 255 g/mol. The van der Waals surface area contributed by atoms with Crippen molar-refractivity contribution in [1.29, 1.82) is 0 Å². The minimum absolute atomic E-state index is 0.309. The summed E-state index contributed by atoms with van der Waals surface area (Å²) in [5, 5.41) is 0. The van der Waals surface area contributed by atoms with Gasteiger partial charge in [-0.1, -0.05) is 0 Å². The van der Waals surface area contributed by atoms with Crippen LogP contribution >= 0.6 is 0 Å². The number of hydrogen-bond acceptors (Lipinski definition) is 3. The number of nitrogens with zero attached hydrogens (tertiary/aromatic N) is 3. The summed E-state index contributed by atoms with van der Waals surface area (Å²) in [6, 6.07) is 8.68. The van der Waals surface area contributed by atoms with Gasteiger partial charge < -0.3 is 10.3 Å². The lowest BCUT2D eigenvalue weighted by atomic mass is 10.1. The Morgan fingerprint density at radius 3 is 2.90 bits per heavy atom. The van der Waals surface area contributed by atoms with Gasteiger partial charge in [-0.05, 0) is 43.2 Å². The number of imidazole rings is 1. The quantitative estimate of drug-likeness (QED) is 0.726. The average molecular weight is 268 g/mol. The molecule has 0 aliphatic heterocycles. The van der Waals surface area contributed by atoms with E-state index in [4.69, 9.17) is 5.73 Å². The highest BCUT2D eigenvalue weighted by atomic mass is 19.1. The van der Waals surface area contributed by atoms with Crippen LogP contribution in [0, 0.1) is 5.82 Å². The van der Waals surface area contributed by atoms with Gasteiger partial charge in [-0.3, -0.25) is 0 Å². The summed E-state index contributed by atoms with van der Waals surface area (Å²) in [5.74, 6) is 0.308. The van der Waals surface area contributed by atoms with Crippen molar-refractivity contribution < 1.29 is 4.39 Å². The van der Waals surface area contributed by atoms with Crippen LogP contribution in [0.1, 0.15) is 18.9 Å². The van der Waals surface area contributed by atoms with E-state index in [0.29, 0.717) is 23.1 Å². The van der Waals surface area contributed by atoms with E-state index < -0.39 is 0 Å². The molecule has 0 saturated heterocycles. The number of nitrogen functional groups attached to an aromatic ring is 1. The van der Waals surface area contributed by atoms with Gasteiger partial charge in [-0.15, -0.1) is 0 Å². The van der Waals surface area contributed by atoms with Crippen molar-refractivity contribution in [3.63, 3.8) is 0 Å².